The molecule has 0 saturated heterocycles. The molecule has 112 valence electrons. The lowest BCUT2D eigenvalue weighted by atomic mass is 10.1. The maximum absolute atomic E-state index is 13.2. The van der Waals surface area contributed by atoms with Crippen molar-refractivity contribution in [1.29, 1.82) is 0 Å². The van der Waals surface area contributed by atoms with Gasteiger partial charge in [-0.2, -0.15) is 0 Å². The SMILES string of the molecule is CNC(CSc1ccc(Cl)cc1)Cc1cc(F)cc(F)c1. The van der Waals surface area contributed by atoms with E-state index in [2.05, 4.69) is 5.32 Å². The number of hydrogen-bond acceptors (Lipinski definition) is 2. The Morgan fingerprint density at radius 1 is 1.10 bits per heavy atom. The molecule has 0 aliphatic rings. The summed E-state index contributed by atoms with van der Waals surface area (Å²) in [6, 6.07) is 11.4. The first-order chi connectivity index (χ1) is 10.1. The van der Waals surface area contributed by atoms with Gasteiger partial charge in [0.2, 0.25) is 0 Å². The molecule has 0 aromatic heterocycles. The van der Waals surface area contributed by atoms with Gasteiger partial charge < -0.3 is 5.32 Å². The molecule has 0 fully saturated rings. The highest BCUT2D eigenvalue weighted by Gasteiger charge is 2.10. The van der Waals surface area contributed by atoms with Crippen LogP contribution < -0.4 is 5.32 Å². The molecule has 0 aliphatic heterocycles. The van der Waals surface area contributed by atoms with Crippen LogP contribution in [0.3, 0.4) is 0 Å². The predicted octanol–water partition coefficient (Wildman–Crippen LogP) is 4.54. The van der Waals surface area contributed by atoms with Gasteiger partial charge in [-0.3, -0.25) is 0 Å². The van der Waals surface area contributed by atoms with Crippen molar-refractivity contribution in [2.75, 3.05) is 12.8 Å². The third-order valence-corrected chi connectivity index (χ3v) is 4.50. The van der Waals surface area contributed by atoms with Crippen LogP contribution in [-0.4, -0.2) is 18.8 Å². The highest BCUT2D eigenvalue weighted by Crippen LogP contribution is 2.22. The van der Waals surface area contributed by atoms with Crippen LogP contribution in [0.25, 0.3) is 0 Å². The molecule has 1 N–H and O–H groups in total. The maximum atomic E-state index is 13.2. The Balaban J connectivity index is 1.95. The third kappa shape index (κ3) is 5.30. The van der Waals surface area contributed by atoms with Gasteiger partial charge in [-0.1, -0.05) is 11.6 Å². The fourth-order valence-corrected chi connectivity index (χ4v) is 3.12. The van der Waals surface area contributed by atoms with E-state index in [9.17, 15) is 8.78 Å². The zero-order chi connectivity index (χ0) is 15.2. The van der Waals surface area contributed by atoms with Crippen molar-refractivity contribution < 1.29 is 8.78 Å². The van der Waals surface area contributed by atoms with E-state index in [-0.39, 0.29) is 6.04 Å². The lowest BCUT2D eigenvalue weighted by Gasteiger charge is -2.16. The van der Waals surface area contributed by atoms with Crippen LogP contribution in [-0.2, 0) is 6.42 Å². The van der Waals surface area contributed by atoms with Crippen LogP contribution in [0.1, 0.15) is 5.56 Å². The fourth-order valence-electron chi connectivity index (χ4n) is 1.99. The molecule has 2 rings (SSSR count). The largest absolute Gasteiger partial charge is 0.316 e. The zero-order valence-corrected chi connectivity index (χ0v) is 13.1. The average molecular weight is 328 g/mol. The molecule has 1 nitrogen and oxygen atoms in total. The van der Waals surface area contributed by atoms with Gasteiger partial charge in [-0.15, -0.1) is 11.8 Å². The Morgan fingerprint density at radius 3 is 2.29 bits per heavy atom. The highest BCUT2D eigenvalue weighted by atomic mass is 35.5. The maximum Gasteiger partial charge on any atom is 0.126 e. The fraction of sp³-hybridized carbons (Fsp3) is 0.250. The molecular weight excluding hydrogens is 312 g/mol. The summed E-state index contributed by atoms with van der Waals surface area (Å²) in [6.45, 7) is 0. The molecule has 21 heavy (non-hydrogen) atoms. The molecule has 0 heterocycles. The van der Waals surface area contributed by atoms with E-state index in [0.717, 1.165) is 16.7 Å². The molecule has 1 unspecified atom stereocenters. The van der Waals surface area contributed by atoms with Crippen LogP contribution in [0.2, 0.25) is 5.02 Å². The number of nitrogens with one attached hydrogen (secondary N) is 1. The molecule has 1 atom stereocenters. The van der Waals surface area contributed by atoms with Crippen molar-refractivity contribution in [2.24, 2.45) is 0 Å². The summed E-state index contributed by atoms with van der Waals surface area (Å²) < 4.78 is 26.4. The summed E-state index contributed by atoms with van der Waals surface area (Å²) in [4.78, 5) is 1.12. The standard InChI is InChI=1S/C16H16ClF2NS/c1-20-15(8-11-6-13(18)9-14(19)7-11)10-21-16-4-2-12(17)3-5-16/h2-7,9,15,20H,8,10H2,1H3. The van der Waals surface area contributed by atoms with Crippen LogP contribution in [0.4, 0.5) is 8.78 Å². The lowest BCUT2D eigenvalue weighted by Crippen LogP contribution is -2.30. The minimum Gasteiger partial charge on any atom is -0.316 e. The summed E-state index contributed by atoms with van der Waals surface area (Å²) in [5, 5.41) is 3.89. The van der Waals surface area contributed by atoms with Gasteiger partial charge in [0, 0.05) is 27.8 Å². The lowest BCUT2D eigenvalue weighted by molar-refractivity contribution is 0.569. The summed E-state index contributed by atoms with van der Waals surface area (Å²) in [5.74, 6) is -0.272. The average Bonchev–Trinajstić information content (AvgIpc) is 2.44. The quantitative estimate of drug-likeness (QED) is 0.782. The molecule has 2 aromatic rings. The Hall–Kier alpha value is -1.10. The van der Waals surface area contributed by atoms with Crippen LogP contribution in [0.15, 0.2) is 47.4 Å². The first-order valence-corrected chi connectivity index (χ1v) is 7.94. The second-order valence-electron chi connectivity index (χ2n) is 4.73. The molecule has 2 aromatic carbocycles. The van der Waals surface area contributed by atoms with Crippen LogP contribution in [0.5, 0.6) is 0 Å². The minimum atomic E-state index is -0.537. The smallest absolute Gasteiger partial charge is 0.126 e. The van der Waals surface area contributed by atoms with Crippen molar-refractivity contribution in [1.82, 2.24) is 5.32 Å². The summed E-state index contributed by atoms with van der Waals surface area (Å²) in [7, 11) is 1.85. The van der Waals surface area contributed by atoms with Gasteiger partial charge in [-0.05, 0) is 55.4 Å². The molecule has 0 aliphatic carbocycles. The van der Waals surface area contributed by atoms with E-state index in [1.165, 1.54) is 12.1 Å². The van der Waals surface area contributed by atoms with E-state index >= 15 is 0 Å². The normalized spacial score (nSPS) is 12.4. The van der Waals surface area contributed by atoms with E-state index < -0.39 is 11.6 Å². The number of thioether (sulfide) groups is 1. The van der Waals surface area contributed by atoms with E-state index in [4.69, 9.17) is 11.6 Å². The minimum absolute atomic E-state index is 0.131. The molecule has 0 amide bonds. The first-order valence-electron chi connectivity index (χ1n) is 6.57. The summed E-state index contributed by atoms with van der Waals surface area (Å²) >= 11 is 7.53. The van der Waals surface area contributed by atoms with Gasteiger partial charge >= 0.3 is 0 Å². The van der Waals surface area contributed by atoms with Gasteiger partial charge in [0.05, 0.1) is 0 Å². The molecule has 0 saturated carbocycles. The molecule has 0 spiro atoms. The van der Waals surface area contributed by atoms with E-state index in [1.54, 1.807) is 11.8 Å². The second-order valence-corrected chi connectivity index (χ2v) is 6.26. The number of halogens is 3. The molecule has 0 bridgehead atoms. The van der Waals surface area contributed by atoms with Crippen molar-refractivity contribution in [2.45, 2.75) is 17.4 Å². The number of hydrogen-bond donors (Lipinski definition) is 1. The topological polar surface area (TPSA) is 12.0 Å². The Bertz CT molecular complexity index is 569. The molecular formula is C16H16ClF2NS. The van der Waals surface area contributed by atoms with Crippen molar-refractivity contribution in [3.8, 4) is 0 Å². The van der Waals surface area contributed by atoms with Gasteiger partial charge in [0.15, 0.2) is 0 Å². The Labute approximate surface area is 132 Å². The van der Waals surface area contributed by atoms with E-state index in [1.807, 2.05) is 31.3 Å². The van der Waals surface area contributed by atoms with Gasteiger partial charge in [-0.25, -0.2) is 8.78 Å². The van der Waals surface area contributed by atoms with Crippen molar-refractivity contribution in [3.05, 3.63) is 64.7 Å². The second kappa shape index (κ2) is 7.78. The van der Waals surface area contributed by atoms with Crippen LogP contribution in [0, 0.1) is 11.6 Å². The Morgan fingerprint density at radius 2 is 1.71 bits per heavy atom. The molecule has 5 heteroatoms. The van der Waals surface area contributed by atoms with E-state index in [0.29, 0.717) is 17.0 Å². The molecule has 0 radical (unpaired) electrons. The Kier molecular flexibility index (Phi) is 6.03. The van der Waals surface area contributed by atoms with Crippen molar-refractivity contribution in [3.63, 3.8) is 0 Å². The van der Waals surface area contributed by atoms with Gasteiger partial charge in [0.25, 0.3) is 0 Å². The number of benzene rings is 2. The highest BCUT2D eigenvalue weighted by molar-refractivity contribution is 7.99. The summed E-state index contributed by atoms with van der Waals surface area (Å²) in [6.07, 6.45) is 0.575. The summed E-state index contributed by atoms with van der Waals surface area (Å²) in [5.41, 5.74) is 0.656. The van der Waals surface area contributed by atoms with Crippen LogP contribution >= 0.6 is 23.4 Å². The first kappa shape index (κ1) is 16.3. The van der Waals surface area contributed by atoms with Gasteiger partial charge in [0.1, 0.15) is 11.6 Å². The zero-order valence-electron chi connectivity index (χ0n) is 11.6. The van der Waals surface area contributed by atoms with Crippen molar-refractivity contribution >= 4 is 23.4 Å². The monoisotopic (exact) mass is 327 g/mol. The number of likely N-dealkylation sites (N-methyl/N-ethyl adjacent to an activating group) is 1. The third-order valence-electron chi connectivity index (χ3n) is 3.08. The predicted molar refractivity (Wildman–Crippen MR) is 85.1 cm³/mol. The number of rotatable bonds is 6.